The molecular formula is C16H13N3O2. The van der Waals surface area contributed by atoms with Crippen molar-refractivity contribution in [2.24, 2.45) is 0 Å². The summed E-state index contributed by atoms with van der Waals surface area (Å²) in [6.07, 6.45) is 0.595. The second kappa shape index (κ2) is 8.84. The molecule has 0 radical (unpaired) electrons. The van der Waals surface area contributed by atoms with Gasteiger partial charge in [-0.15, -0.1) is 0 Å². The van der Waals surface area contributed by atoms with Crippen molar-refractivity contribution in [1.29, 1.82) is 10.5 Å². The summed E-state index contributed by atoms with van der Waals surface area (Å²) in [6, 6.07) is 19.9. The second-order valence-electron chi connectivity index (χ2n) is 4.04. The molecule has 0 fully saturated rings. The molecule has 5 nitrogen and oxygen atoms in total. The summed E-state index contributed by atoms with van der Waals surface area (Å²) in [5, 5.41) is 27.0. The summed E-state index contributed by atoms with van der Waals surface area (Å²) in [4.78, 5) is 9.91. The Labute approximate surface area is 122 Å². The standard InChI is InChI=1S/C8H6N2O2.C8H7N/c9-6-5-7-3-1-2-4-8(7)10(11)12;9-7-6-8-4-2-1-3-5-8/h1-4H,5H2;1-5H,6H2. The Balaban J connectivity index is 0.000000219. The molecule has 2 aromatic rings. The van der Waals surface area contributed by atoms with E-state index in [1.807, 2.05) is 36.4 Å². The number of para-hydroxylation sites is 1. The number of rotatable bonds is 3. The van der Waals surface area contributed by atoms with Gasteiger partial charge in [0.1, 0.15) is 0 Å². The predicted molar refractivity (Wildman–Crippen MR) is 78.2 cm³/mol. The van der Waals surface area contributed by atoms with Gasteiger partial charge >= 0.3 is 0 Å². The number of nitro benzene ring substituents is 1. The van der Waals surface area contributed by atoms with Crippen molar-refractivity contribution in [3.63, 3.8) is 0 Å². The highest BCUT2D eigenvalue weighted by atomic mass is 16.6. The topological polar surface area (TPSA) is 90.7 Å². The molecule has 0 aliphatic heterocycles. The Morgan fingerprint density at radius 3 is 2.05 bits per heavy atom. The van der Waals surface area contributed by atoms with Crippen LogP contribution >= 0.6 is 0 Å². The van der Waals surface area contributed by atoms with E-state index in [-0.39, 0.29) is 12.1 Å². The van der Waals surface area contributed by atoms with E-state index in [0.29, 0.717) is 12.0 Å². The number of nitrogens with zero attached hydrogens (tertiary/aromatic N) is 3. The molecule has 0 aromatic heterocycles. The van der Waals surface area contributed by atoms with Crippen molar-refractivity contribution < 1.29 is 4.92 Å². The lowest BCUT2D eigenvalue weighted by Crippen LogP contribution is -1.93. The van der Waals surface area contributed by atoms with Gasteiger partial charge in [0.15, 0.2) is 0 Å². The lowest BCUT2D eigenvalue weighted by Gasteiger charge is -1.95. The zero-order chi connectivity index (χ0) is 15.5. The molecule has 0 saturated heterocycles. The quantitative estimate of drug-likeness (QED) is 0.635. The van der Waals surface area contributed by atoms with Crippen LogP contribution in [0.1, 0.15) is 11.1 Å². The Bertz CT molecular complexity index is 670. The molecule has 0 unspecified atom stereocenters. The van der Waals surface area contributed by atoms with Crippen LogP contribution in [0.2, 0.25) is 0 Å². The molecule has 2 rings (SSSR count). The van der Waals surface area contributed by atoms with Crippen molar-refractivity contribution in [2.75, 3.05) is 0 Å². The van der Waals surface area contributed by atoms with Crippen LogP contribution in [0.5, 0.6) is 0 Å². The first-order valence-electron chi connectivity index (χ1n) is 6.19. The molecule has 0 amide bonds. The molecule has 104 valence electrons. The molecule has 0 heterocycles. The molecule has 0 saturated carbocycles. The minimum absolute atomic E-state index is 0.0130. The van der Waals surface area contributed by atoms with Crippen LogP contribution < -0.4 is 0 Å². The highest BCUT2D eigenvalue weighted by Gasteiger charge is 2.10. The van der Waals surface area contributed by atoms with Gasteiger partial charge in [-0.05, 0) is 5.56 Å². The SMILES string of the molecule is N#CCc1ccccc1.N#CCc1ccccc1[N+](=O)[O-]. The normalized spacial score (nSPS) is 8.67. The first kappa shape index (κ1) is 15.9. The first-order chi connectivity index (χ1) is 10.2. The maximum atomic E-state index is 10.4. The third kappa shape index (κ3) is 5.54. The minimum Gasteiger partial charge on any atom is -0.258 e. The summed E-state index contributed by atoms with van der Waals surface area (Å²) >= 11 is 0. The molecule has 2 aromatic carbocycles. The van der Waals surface area contributed by atoms with E-state index in [1.165, 1.54) is 6.07 Å². The van der Waals surface area contributed by atoms with Crippen LogP contribution in [0.3, 0.4) is 0 Å². The van der Waals surface area contributed by atoms with Crippen molar-refractivity contribution >= 4 is 5.69 Å². The zero-order valence-corrected chi connectivity index (χ0v) is 11.3. The van der Waals surface area contributed by atoms with E-state index < -0.39 is 4.92 Å². The molecular weight excluding hydrogens is 266 g/mol. The molecule has 0 aliphatic carbocycles. The average molecular weight is 279 g/mol. The van der Waals surface area contributed by atoms with E-state index >= 15 is 0 Å². The molecule has 0 spiro atoms. The highest BCUT2D eigenvalue weighted by Crippen LogP contribution is 2.17. The van der Waals surface area contributed by atoms with Gasteiger partial charge in [-0.2, -0.15) is 10.5 Å². The number of hydrogen-bond donors (Lipinski definition) is 0. The van der Waals surface area contributed by atoms with E-state index in [2.05, 4.69) is 6.07 Å². The fraction of sp³-hybridized carbons (Fsp3) is 0.125. The summed E-state index contributed by atoms with van der Waals surface area (Å²) < 4.78 is 0. The summed E-state index contributed by atoms with van der Waals surface area (Å²) in [6.45, 7) is 0. The summed E-state index contributed by atoms with van der Waals surface area (Å²) in [7, 11) is 0. The Hall–Kier alpha value is -3.18. The number of nitro groups is 1. The zero-order valence-electron chi connectivity index (χ0n) is 11.3. The summed E-state index contributed by atoms with van der Waals surface area (Å²) in [5.41, 5.74) is 1.56. The second-order valence-corrected chi connectivity index (χ2v) is 4.04. The number of hydrogen-bond acceptors (Lipinski definition) is 4. The van der Waals surface area contributed by atoms with Crippen molar-refractivity contribution in [2.45, 2.75) is 12.8 Å². The van der Waals surface area contributed by atoms with E-state index in [9.17, 15) is 10.1 Å². The van der Waals surface area contributed by atoms with Crippen molar-refractivity contribution in [3.8, 4) is 12.1 Å². The van der Waals surface area contributed by atoms with Crippen LogP contribution in [0.4, 0.5) is 5.69 Å². The van der Waals surface area contributed by atoms with E-state index in [1.54, 1.807) is 18.2 Å². The molecule has 5 heteroatoms. The van der Waals surface area contributed by atoms with Gasteiger partial charge in [0, 0.05) is 11.6 Å². The van der Waals surface area contributed by atoms with Gasteiger partial charge in [0.25, 0.3) is 5.69 Å². The fourth-order valence-corrected chi connectivity index (χ4v) is 1.61. The smallest absolute Gasteiger partial charge is 0.258 e. The Morgan fingerprint density at radius 2 is 1.48 bits per heavy atom. The molecule has 0 N–H and O–H groups in total. The summed E-state index contributed by atoms with van der Waals surface area (Å²) in [5.74, 6) is 0. The predicted octanol–water partition coefficient (Wildman–Crippen LogP) is 3.41. The lowest BCUT2D eigenvalue weighted by molar-refractivity contribution is -0.385. The van der Waals surface area contributed by atoms with Crippen molar-refractivity contribution in [3.05, 3.63) is 75.8 Å². The Morgan fingerprint density at radius 1 is 0.905 bits per heavy atom. The minimum atomic E-state index is -0.479. The van der Waals surface area contributed by atoms with Gasteiger partial charge in [-0.3, -0.25) is 10.1 Å². The molecule has 21 heavy (non-hydrogen) atoms. The fourth-order valence-electron chi connectivity index (χ4n) is 1.61. The van der Waals surface area contributed by atoms with Crippen LogP contribution in [0.15, 0.2) is 54.6 Å². The number of nitriles is 2. The van der Waals surface area contributed by atoms with Gasteiger partial charge in [0.05, 0.1) is 29.9 Å². The van der Waals surface area contributed by atoms with Crippen LogP contribution in [0, 0.1) is 32.8 Å². The van der Waals surface area contributed by atoms with Crippen LogP contribution in [0.25, 0.3) is 0 Å². The van der Waals surface area contributed by atoms with Crippen molar-refractivity contribution in [1.82, 2.24) is 0 Å². The number of benzene rings is 2. The van der Waals surface area contributed by atoms with Crippen LogP contribution in [-0.2, 0) is 12.8 Å². The molecule has 0 atom stereocenters. The third-order valence-electron chi connectivity index (χ3n) is 2.58. The molecule has 0 bridgehead atoms. The van der Waals surface area contributed by atoms with Gasteiger partial charge in [-0.1, -0.05) is 48.5 Å². The van der Waals surface area contributed by atoms with Crippen LogP contribution in [-0.4, -0.2) is 4.92 Å². The molecule has 0 aliphatic rings. The Kier molecular flexibility index (Phi) is 6.68. The maximum absolute atomic E-state index is 10.4. The monoisotopic (exact) mass is 279 g/mol. The van der Waals surface area contributed by atoms with Gasteiger partial charge < -0.3 is 0 Å². The third-order valence-corrected chi connectivity index (χ3v) is 2.58. The van der Waals surface area contributed by atoms with E-state index in [0.717, 1.165) is 5.56 Å². The first-order valence-corrected chi connectivity index (χ1v) is 6.19. The largest absolute Gasteiger partial charge is 0.273 e. The highest BCUT2D eigenvalue weighted by molar-refractivity contribution is 5.41. The lowest BCUT2D eigenvalue weighted by atomic mass is 10.1. The van der Waals surface area contributed by atoms with E-state index in [4.69, 9.17) is 10.5 Å². The maximum Gasteiger partial charge on any atom is 0.273 e. The average Bonchev–Trinajstić information content (AvgIpc) is 2.50. The van der Waals surface area contributed by atoms with Gasteiger partial charge in [0.2, 0.25) is 0 Å². The van der Waals surface area contributed by atoms with Gasteiger partial charge in [-0.25, -0.2) is 0 Å².